The Morgan fingerprint density at radius 1 is 1.24 bits per heavy atom. The average molecular weight is 349 g/mol. The van der Waals surface area contributed by atoms with Crippen molar-refractivity contribution in [2.24, 2.45) is 0 Å². The molecule has 0 bridgehead atoms. The summed E-state index contributed by atoms with van der Waals surface area (Å²) < 4.78 is 10.8. The van der Waals surface area contributed by atoms with E-state index in [0.29, 0.717) is 26.0 Å². The molecule has 138 valence electrons. The van der Waals surface area contributed by atoms with E-state index < -0.39 is 23.2 Å². The van der Waals surface area contributed by atoms with Crippen LogP contribution in [0.2, 0.25) is 0 Å². The van der Waals surface area contributed by atoms with Crippen LogP contribution in [-0.4, -0.2) is 46.4 Å². The molecule has 1 N–H and O–H groups in total. The number of hydrogen-bond acceptors (Lipinski definition) is 4. The molecule has 0 radical (unpaired) electrons. The number of aliphatic carboxylic acids is 1. The van der Waals surface area contributed by atoms with E-state index in [9.17, 15) is 14.7 Å². The fourth-order valence-corrected chi connectivity index (χ4v) is 3.15. The van der Waals surface area contributed by atoms with Gasteiger partial charge in [-0.25, -0.2) is 9.59 Å². The van der Waals surface area contributed by atoms with Gasteiger partial charge in [0.2, 0.25) is 0 Å². The van der Waals surface area contributed by atoms with Crippen molar-refractivity contribution >= 4 is 12.1 Å². The molecule has 0 unspecified atom stereocenters. The van der Waals surface area contributed by atoms with Gasteiger partial charge >= 0.3 is 12.1 Å². The zero-order valence-electron chi connectivity index (χ0n) is 15.4. The number of benzene rings is 1. The number of likely N-dealkylation sites (tertiary alicyclic amines) is 1. The zero-order chi connectivity index (χ0) is 18.7. The summed E-state index contributed by atoms with van der Waals surface area (Å²) in [5.41, 5.74) is -1.08. The molecule has 1 aliphatic heterocycles. The number of ether oxygens (including phenoxy) is 2. The number of amides is 1. The summed E-state index contributed by atoms with van der Waals surface area (Å²) in [6.45, 7) is 8.19. The molecule has 1 atom stereocenters. The van der Waals surface area contributed by atoms with Gasteiger partial charge in [-0.2, -0.15) is 0 Å². The van der Waals surface area contributed by atoms with Gasteiger partial charge in [-0.3, -0.25) is 4.90 Å². The first kappa shape index (κ1) is 19.1. The fraction of sp³-hybridized carbons (Fsp3) is 0.579. The third-order valence-corrected chi connectivity index (χ3v) is 4.23. The molecule has 1 fully saturated rings. The third-order valence-electron chi connectivity index (χ3n) is 4.23. The van der Waals surface area contributed by atoms with Crippen LogP contribution in [0, 0.1) is 0 Å². The Balaban J connectivity index is 2.24. The van der Waals surface area contributed by atoms with Crippen LogP contribution >= 0.6 is 0 Å². The number of carboxylic acids is 1. The standard InChI is InChI=1S/C19H27NO5/c1-5-24-15-9-7-14(8-10-15)13-19(16(21)22)11-6-12-20(19)17(23)25-18(2,3)4/h7-10H,5-6,11-13H2,1-4H3,(H,21,22)/t19-/m1/s1. The predicted molar refractivity (Wildman–Crippen MR) is 93.9 cm³/mol. The number of carbonyl (C=O) groups is 2. The minimum atomic E-state index is -1.27. The van der Waals surface area contributed by atoms with Gasteiger partial charge in [-0.1, -0.05) is 12.1 Å². The van der Waals surface area contributed by atoms with Crippen molar-refractivity contribution in [3.05, 3.63) is 29.8 Å². The Bertz CT molecular complexity index is 620. The van der Waals surface area contributed by atoms with Gasteiger partial charge in [0.1, 0.15) is 16.9 Å². The molecule has 1 amide bonds. The lowest BCUT2D eigenvalue weighted by Crippen LogP contribution is -2.55. The molecule has 0 aromatic heterocycles. The average Bonchev–Trinajstić information content (AvgIpc) is 2.93. The van der Waals surface area contributed by atoms with Gasteiger partial charge in [0, 0.05) is 13.0 Å². The van der Waals surface area contributed by atoms with Crippen molar-refractivity contribution in [2.75, 3.05) is 13.2 Å². The van der Waals surface area contributed by atoms with E-state index in [1.165, 1.54) is 4.90 Å². The highest BCUT2D eigenvalue weighted by molar-refractivity contribution is 5.85. The van der Waals surface area contributed by atoms with Crippen LogP contribution in [0.4, 0.5) is 4.79 Å². The second-order valence-corrected chi connectivity index (χ2v) is 7.33. The lowest BCUT2D eigenvalue weighted by molar-refractivity contribution is -0.149. The van der Waals surface area contributed by atoms with E-state index >= 15 is 0 Å². The van der Waals surface area contributed by atoms with Crippen LogP contribution in [-0.2, 0) is 16.0 Å². The maximum atomic E-state index is 12.5. The first-order chi connectivity index (χ1) is 11.7. The SMILES string of the molecule is CCOc1ccc(C[C@@]2(C(=O)O)CCCN2C(=O)OC(C)(C)C)cc1. The van der Waals surface area contributed by atoms with E-state index in [1.54, 1.807) is 20.8 Å². The van der Waals surface area contributed by atoms with E-state index in [1.807, 2.05) is 31.2 Å². The number of nitrogens with zero attached hydrogens (tertiary/aromatic N) is 1. The zero-order valence-corrected chi connectivity index (χ0v) is 15.4. The summed E-state index contributed by atoms with van der Waals surface area (Å²) in [6, 6.07) is 7.34. The third kappa shape index (κ3) is 4.44. The predicted octanol–water partition coefficient (Wildman–Crippen LogP) is 3.48. The molecule has 6 nitrogen and oxygen atoms in total. The highest BCUT2D eigenvalue weighted by Gasteiger charge is 2.51. The van der Waals surface area contributed by atoms with E-state index in [-0.39, 0.29) is 6.42 Å². The summed E-state index contributed by atoms with van der Waals surface area (Å²) in [4.78, 5) is 26.0. The summed E-state index contributed by atoms with van der Waals surface area (Å²) in [5, 5.41) is 9.91. The minimum absolute atomic E-state index is 0.244. The normalized spacial score (nSPS) is 20.4. The van der Waals surface area contributed by atoms with Gasteiger partial charge in [0.25, 0.3) is 0 Å². The Labute approximate surface area is 148 Å². The Kier molecular flexibility index (Phi) is 5.60. The van der Waals surface area contributed by atoms with Crippen LogP contribution in [0.3, 0.4) is 0 Å². The van der Waals surface area contributed by atoms with E-state index in [0.717, 1.165) is 11.3 Å². The lowest BCUT2D eigenvalue weighted by atomic mass is 9.88. The molecule has 1 aromatic rings. The minimum Gasteiger partial charge on any atom is -0.494 e. The van der Waals surface area contributed by atoms with E-state index in [4.69, 9.17) is 9.47 Å². The molecule has 6 heteroatoms. The first-order valence-corrected chi connectivity index (χ1v) is 8.64. The number of carboxylic acid groups (broad SMARTS) is 1. The lowest BCUT2D eigenvalue weighted by Gasteiger charge is -2.36. The quantitative estimate of drug-likeness (QED) is 0.881. The van der Waals surface area contributed by atoms with Crippen LogP contribution in [0.15, 0.2) is 24.3 Å². The molecule has 1 aliphatic rings. The summed E-state index contributed by atoms with van der Waals surface area (Å²) in [5.74, 6) is -0.254. The highest BCUT2D eigenvalue weighted by atomic mass is 16.6. The number of hydrogen-bond donors (Lipinski definition) is 1. The molecule has 0 spiro atoms. The van der Waals surface area contributed by atoms with Gasteiger partial charge in [-0.15, -0.1) is 0 Å². The van der Waals surface area contributed by atoms with Crippen LogP contribution in [0.25, 0.3) is 0 Å². The van der Waals surface area contributed by atoms with Gasteiger partial charge in [0.15, 0.2) is 0 Å². The molecular weight excluding hydrogens is 322 g/mol. The van der Waals surface area contributed by atoms with Crippen LogP contribution in [0.5, 0.6) is 5.75 Å². The van der Waals surface area contributed by atoms with Crippen LogP contribution in [0.1, 0.15) is 46.1 Å². The molecule has 0 aliphatic carbocycles. The number of rotatable bonds is 5. The van der Waals surface area contributed by atoms with Crippen molar-refractivity contribution in [2.45, 2.75) is 58.1 Å². The molecular formula is C19H27NO5. The second-order valence-electron chi connectivity index (χ2n) is 7.33. The first-order valence-electron chi connectivity index (χ1n) is 8.64. The molecule has 2 rings (SSSR count). The van der Waals surface area contributed by atoms with Crippen molar-refractivity contribution in [3.8, 4) is 5.75 Å². The van der Waals surface area contributed by atoms with Gasteiger partial charge in [0.05, 0.1) is 6.61 Å². The number of carbonyl (C=O) groups excluding carboxylic acids is 1. The van der Waals surface area contributed by atoms with Crippen molar-refractivity contribution < 1.29 is 24.2 Å². The monoisotopic (exact) mass is 349 g/mol. The molecule has 1 heterocycles. The van der Waals surface area contributed by atoms with E-state index in [2.05, 4.69) is 0 Å². The largest absolute Gasteiger partial charge is 0.494 e. The molecule has 1 saturated heterocycles. The van der Waals surface area contributed by atoms with Crippen molar-refractivity contribution in [1.29, 1.82) is 0 Å². The maximum absolute atomic E-state index is 12.5. The molecule has 25 heavy (non-hydrogen) atoms. The van der Waals surface area contributed by atoms with Crippen molar-refractivity contribution in [1.82, 2.24) is 4.90 Å². The summed E-state index contributed by atoms with van der Waals surface area (Å²) in [6.07, 6.45) is 0.726. The molecule has 1 aromatic carbocycles. The second kappa shape index (κ2) is 7.33. The Hall–Kier alpha value is -2.24. The van der Waals surface area contributed by atoms with Crippen LogP contribution < -0.4 is 4.74 Å². The Morgan fingerprint density at radius 3 is 2.40 bits per heavy atom. The van der Waals surface area contributed by atoms with Crippen molar-refractivity contribution in [3.63, 3.8) is 0 Å². The van der Waals surface area contributed by atoms with Gasteiger partial charge in [-0.05, 0) is 58.2 Å². The van der Waals surface area contributed by atoms with Gasteiger partial charge < -0.3 is 14.6 Å². The molecule has 0 saturated carbocycles. The summed E-state index contributed by atoms with van der Waals surface area (Å²) >= 11 is 0. The summed E-state index contributed by atoms with van der Waals surface area (Å²) in [7, 11) is 0. The smallest absolute Gasteiger partial charge is 0.411 e. The topological polar surface area (TPSA) is 76.1 Å². The Morgan fingerprint density at radius 2 is 1.88 bits per heavy atom. The highest BCUT2D eigenvalue weighted by Crippen LogP contribution is 2.35. The fourth-order valence-electron chi connectivity index (χ4n) is 3.15. The maximum Gasteiger partial charge on any atom is 0.411 e.